The maximum Gasteiger partial charge on any atom is 0.496 e. The van der Waals surface area contributed by atoms with Crippen LogP contribution in [0.3, 0.4) is 0 Å². The van der Waals surface area contributed by atoms with Crippen LogP contribution in [0.5, 0.6) is 5.88 Å². The largest absolute Gasteiger partial charge is 0.496 e. The fourth-order valence-electron chi connectivity index (χ4n) is 2.25. The number of hydrogen-bond donors (Lipinski definition) is 2. The van der Waals surface area contributed by atoms with Gasteiger partial charge in [-0.1, -0.05) is 0 Å². The van der Waals surface area contributed by atoms with E-state index in [1.54, 1.807) is 12.3 Å². The summed E-state index contributed by atoms with van der Waals surface area (Å²) in [6.45, 7) is 11.7. The molecule has 0 atom stereocenters. The van der Waals surface area contributed by atoms with E-state index in [2.05, 4.69) is 15.6 Å². The first kappa shape index (κ1) is 18.5. The molecule has 0 bridgehead atoms. The van der Waals surface area contributed by atoms with E-state index in [1.807, 2.05) is 41.5 Å². The van der Waals surface area contributed by atoms with Gasteiger partial charge in [0, 0.05) is 17.7 Å². The number of nitrogens with zero attached hydrogens (tertiary/aromatic N) is 1. The third-order valence-electron chi connectivity index (χ3n) is 4.26. The Hall–Kier alpha value is -1.80. The summed E-state index contributed by atoms with van der Waals surface area (Å²) < 4.78 is 17.2. The third kappa shape index (κ3) is 3.81. The molecular weight excluding hydrogens is 309 g/mol. The standard InChI is InChI=1S/C16H26BN3O4/c1-10(2)19-14(21)20-12-8-11(9-18-13(12)22-7)17-23-15(3,4)16(5,6)24-17/h8-10H,1-7H3,(H2,19,20,21). The lowest BCUT2D eigenvalue weighted by Gasteiger charge is -2.32. The molecule has 0 aromatic carbocycles. The number of amides is 2. The Morgan fingerprint density at radius 3 is 2.33 bits per heavy atom. The zero-order valence-electron chi connectivity index (χ0n) is 15.4. The number of anilines is 1. The van der Waals surface area contributed by atoms with E-state index in [-0.39, 0.29) is 12.1 Å². The van der Waals surface area contributed by atoms with Gasteiger partial charge in [-0.15, -0.1) is 0 Å². The second kappa shape index (κ2) is 6.60. The molecule has 8 heteroatoms. The van der Waals surface area contributed by atoms with Gasteiger partial charge < -0.3 is 24.7 Å². The number of rotatable bonds is 4. The fraction of sp³-hybridized carbons (Fsp3) is 0.625. The molecule has 0 unspecified atom stereocenters. The molecule has 1 fully saturated rings. The van der Waals surface area contributed by atoms with E-state index in [0.29, 0.717) is 17.0 Å². The summed E-state index contributed by atoms with van der Waals surface area (Å²) in [6, 6.07) is 1.46. The summed E-state index contributed by atoms with van der Waals surface area (Å²) in [5.74, 6) is 0.328. The van der Waals surface area contributed by atoms with Gasteiger partial charge in [-0.2, -0.15) is 0 Å². The molecule has 1 aromatic heterocycles. The minimum absolute atomic E-state index is 0.0234. The number of carbonyl (C=O) groups excluding carboxylic acids is 1. The van der Waals surface area contributed by atoms with Crippen LogP contribution in [0.4, 0.5) is 10.5 Å². The first-order chi connectivity index (χ1) is 11.1. The molecule has 0 saturated carbocycles. The van der Waals surface area contributed by atoms with Gasteiger partial charge >= 0.3 is 13.1 Å². The molecular formula is C16H26BN3O4. The highest BCUT2D eigenvalue weighted by molar-refractivity contribution is 6.62. The summed E-state index contributed by atoms with van der Waals surface area (Å²) in [5, 5.41) is 5.51. The number of aromatic nitrogens is 1. The zero-order chi connectivity index (χ0) is 18.1. The van der Waals surface area contributed by atoms with Crippen LogP contribution < -0.4 is 20.8 Å². The predicted molar refractivity (Wildman–Crippen MR) is 93.8 cm³/mol. The minimum atomic E-state index is -0.554. The van der Waals surface area contributed by atoms with Crippen LogP contribution in [-0.4, -0.2) is 42.5 Å². The van der Waals surface area contributed by atoms with Crippen LogP contribution >= 0.6 is 0 Å². The van der Waals surface area contributed by atoms with Crippen molar-refractivity contribution in [2.24, 2.45) is 0 Å². The van der Waals surface area contributed by atoms with E-state index in [0.717, 1.165) is 0 Å². The number of pyridine rings is 1. The molecule has 1 aliphatic rings. The Morgan fingerprint density at radius 1 is 1.25 bits per heavy atom. The second-order valence-corrected chi connectivity index (χ2v) is 7.17. The van der Waals surface area contributed by atoms with Crippen LogP contribution in [0, 0.1) is 0 Å². The number of methoxy groups -OCH3 is 1. The van der Waals surface area contributed by atoms with Crippen molar-refractivity contribution in [1.29, 1.82) is 0 Å². The summed E-state index contributed by atoms with van der Waals surface area (Å²) in [7, 11) is 0.949. The average Bonchev–Trinajstić information content (AvgIpc) is 2.66. The predicted octanol–water partition coefficient (Wildman–Crippen LogP) is 1.92. The molecule has 1 aliphatic heterocycles. The van der Waals surface area contributed by atoms with E-state index < -0.39 is 18.3 Å². The Morgan fingerprint density at radius 2 is 1.83 bits per heavy atom. The zero-order valence-corrected chi connectivity index (χ0v) is 15.4. The van der Waals surface area contributed by atoms with Crippen molar-refractivity contribution in [2.45, 2.75) is 58.8 Å². The van der Waals surface area contributed by atoms with Gasteiger partial charge in [-0.05, 0) is 47.6 Å². The molecule has 24 heavy (non-hydrogen) atoms. The molecule has 132 valence electrons. The van der Waals surface area contributed by atoms with Crippen LogP contribution in [0.1, 0.15) is 41.5 Å². The smallest absolute Gasteiger partial charge is 0.480 e. The molecule has 0 aliphatic carbocycles. The van der Waals surface area contributed by atoms with Crippen molar-refractivity contribution in [3.63, 3.8) is 0 Å². The van der Waals surface area contributed by atoms with Crippen molar-refractivity contribution in [3.05, 3.63) is 12.3 Å². The van der Waals surface area contributed by atoms with E-state index >= 15 is 0 Å². The van der Waals surface area contributed by atoms with Gasteiger partial charge in [0.2, 0.25) is 5.88 Å². The summed E-state index contributed by atoms with van der Waals surface area (Å²) in [5.41, 5.74) is 0.289. The molecule has 2 heterocycles. The lowest BCUT2D eigenvalue weighted by atomic mass is 9.80. The summed E-state index contributed by atoms with van der Waals surface area (Å²) in [4.78, 5) is 16.2. The van der Waals surface area contributed by atoms with Crippen LogP contribution in [0.25, 0.3) is 0 Å². The fourth-order valence-corrected chi connectivity index (χ4v) is 2.25. The highest BCUT2D eigenvalue weighted by Crippen LogP contribution is 2.36. The molecule has 7 nitrogen and oxygen atoms in total. The first-order valence-electron chi connectivity index (χ1n) is 8.03. The van der Waals surface area contributed by atoms with Gasteiger partial charge in [0.05, 0.1) is 18.3 Å². The summed E-state index contributed by atoms with van der Waals surface area (Å²) >= 11 is 0. The minimum Gasteiger partial charge on any atom is -0.480 e. The Bertz CT molecular complexity index is 603. The summed E-state index contributed by atoms with van der Waals surface area (Å²) in [6.07, 6.45) is 1.63. The van der Waals surface area contributed by atoms with Crippen molar-refractivity contribution in [1.82, 2.24) is 10.3 Å². The number of ether oxygens (including phenoxy) is 1. The molecule has 0 radical (unpaired) electrons. The van der Waals surface area contributed by atoms with Crippen LogP contribution in [0.15, 0.2) is 12.3 Å². The number of nitrogens with one attached hydrogen (secondary N) is 2. The van der Waals surface area contributed by atoms with Gasteiger partial charge in [0.1, 0.15) is 5.69 Å². The van der Waals surface area contributed by atoms with E-state index in [4.69, 9.17) is 14.0 Å². The van der Waals surface area contributed by atoms with E-state index in [1.165, 1.54) is 7.11 Å². The lowest BCUT2D eigenvalue weighted by Crippen LogP contribution is -2.41. The lowest BCUT2D eigenvalue weighted by molar-refractivity contribution is 0.00578. The molecule has 1 aromatic rings. The monoisotopic (exact) mass is 335 g/mol. The van der Waals surface area contributed by atoms with Gasteiger partial charge in [-0.3, -0.25) is 0 Å². The van der Waals surface area contributed by atoms with Gasteiger partial charge in [0.25, 0.3) is 0 Å². The van der Waals surface area contributed by atoms with Crippen molar-refractivity contribution >= 4 is 24.3 Å². The average molecular weight is 335 g/mol. The van der Waals surface area contributed by atoms with Crippen LogP contribution in [0.2, 0.25) is 0 Å². The highest BCUT2D eigenvalue weighted by Gasteiger charge is 2.51. The third-order valence-corrected chi connectivity index (χ3v) is 4.26. The van der Waals surface area contributed by atoms with Crippen molar-refractivity contribution in [3.8, 4) is 5.88 Å². The normalized spacial score (nSPS) is 18.6. The Labute approximate surface area is 143 Å². The SMILES string of the molecule is COc1ncc(B2OC(C)(C)C(C)(C)O2)cc1NC(=O)NC(C)C. The number of carbonyl (C=O) groups is 1. The maximum atomic E-state index is 12.0. The Balaban J connectivity index is 2.24. The Kier molecular flexibility index (Phi) is 5.10. The first-order valence-corrected chi connectivity index (χ1v) is 8.03. The van der Waals surface area contributed by atoms with Crippen LogP contribution in [-0.2, 0) is 9.31 Å². The molecule has 0 spiro atoms. The molecule has 2 amide bonds. The maximum absolute atomic E-state index is 12.0. The molecule has 2 rings (SSSR count). The topological polar surface area (TPSA) is 81.7 Å². The van der Waals surface area contributed by atoms with Crippen molar-refractivity contribution in [2.75, 3.05) is 12.4 Å². The highest BCUT2D eigenvalue weighted by atomic mass is 16.7. The second-order valence-electron chi connectivity index (χ2n) is 7.17. The van der Waals surface area contributed by atoms with Crippen molar-refractivity contribution < 1.29 is 18.8 Å². The number of urea groups is 1. The van der Waals surface area contributed by atoms with Gasteiger partial charge in [0.15, 0.2) is 0 Å². The number of hydrogen-bond acceptors (Lipinski definition) is 5. The quantitative estimate of drug-likeness (QED) is 0.822. The van der Waals surface area contributed by atoms with E-state index in [9.17, 15) is 4.79 Å². The molecule has 2 N–H and O–H groups in total. The molecule has 1 saturated heterocycles. The van der Waals surface area contributed by atoms with Gasteiger partial charge in [-0.25, -0.2) is 9.78 Å².